The predicted molar refractivity (Wildman–Crippen MR) is 126 cm³/mol. The molecule has 0 bridgehead atoms. The molecule has 1 aromatic carbocycles. The van der Waals surface area contributed by atoms with E-state index >= 15 is 0 Å². The van der Waals surface area contributed by atoms with Gasteiger partial charge in [-0.05, 0) is 30.5 Å². The Hall–Kier alpha value is -4.15. The van der Waals surface area contributed by atoms with Crippen molar-refractivity contribution >= 4 is 34.0 Å². The molecule has 0 atom stereocenters. The number of rotatable bonds is 6. The lowest BCUT2D eigenvalue weighted by atomic mass is 9.97. The van der Waals surface area contributed by atoms with Crippen molar-refractivity contribution in [3.8, 4) is 11.4 Å². The summed E-state index contributed by atoms with van der Waals surface area (Å²) in [6, 6.07) is 6.67. The van der Waals surface area contributed by atoms with Gasteiger partial charge >= 0.3 is 0 Å². The van der Waals surface area contributed by atoms with Gasteiger partial charge in [0.05, 0.1) is 10.6 Å². The quantitative estimate of drug-likeness (QED) is 0.328. The number of nitro benzene ring substituents is 1. The van der Waals surface area contributed by atoms with Gasteiger partial charge in [-0.2, -0.15) is 0 Å². The fourth-order valence-electron chi connectivity index (χ4n) is 3.34. The van der Waals surface area contributed by atoms with Crippen molar-refractivity contribution in [2.24, 2.45) is 12.5 Å². The molecular weight excluding hydrogens is 422 g/mol. The van der Waals surface area contributed by atoms with Gasteiger partial charge in [0.2, 0.25) is 5.95 Å². The normalized spacial score (nSPS) is 11.5. The van der Waals surface area contributed by atoms with E-state index in [1.807, 2.05) is 13.0 Å². The van der Waals surface area contributed by atoms with Crippen LogP contribution in [-0.2, 0) is 7.05 Å². The molecule has 3 heterocycles. The van der Waals surface area contributed by atoms with Gasteiger partial charge in [-0.1, -0.05) is 20.8 Å². The number of hydrogen-bond acceptors (Lipinski definition) is 9. The van der Waals surface area contributed by atoms with E-state index in [0.29, 0.717) is 29.3 Å². The second-order valence-electron chi connectivity index (χ2n) is 8.98. The van der Waals surface area contributed by atoms with Gasteiger partial charge < -0.3 is 15.2 Å². The molecule has 0 saturated carbocycles. The first-order chi connectivity index (χ1) is 15.6. The van der Waals surface area contributed by atoms with E-state index in [1.165, 1.54) is 6.07 Å². The average Bonchev–Trinajstić information content (AvgIpc) is 3.18. The van der Waals surface area contributed by atoms with Crippen LogP contribution in [0.3, 0.4) is 0 Å². The van der Waals surface area contributed by atoms with E-state index in [-0.39, 0.29) is 22.7 Å². The maximum absolute atomic E-state index is 11.8. The first-order valence-corrected chi connectivity index (χ1v) is 10.4. The van der Waals surface area contributed by atoms with Crippen molar-refractivity contribution in [1.29, 1.82) is 0 Å². The van der Waals surface area contributed by atoms with Gasteiger partial charge in [0, 0.05) is 36.8 Å². The maximum atomic E-state index is 11.8. The SMILES string of the molecule is Cc1nc(Nc2ccc(-c3nncn3C)cc2[N+](=O)[O-])nc2c(NCC(C)(C)C)nccc12. The molecular formula is C22H25N9O2. The molecule has 0 aliphatic heterocycles. The van der Waals surface area contributed by atoms with E-state index in [9.17, 15) is 10.1 Å². The molecule has 4 aromatic rings. The highest BCUT2D eigenvalue weighted by Gasteiger charge is 2.19. The Bertz CT molecular complexity index is 1340. The number of fused-ring (bicyclic) bond motifs is 1. The molecule has 33 heavy (non-hydrogen) atoms. The maximum Gasteiger partial charge on any atom is 0.293 e. The average molecular weight is 448 g/mol. The van der Waals surface area contributed by atoms with Crippen LogP contribution in [0.1, 0.15) is 26.5 Å². The Morgan fingerprint density at radius 1 is 1.18 bits per heavy atom. The van der Waals surface area contributed by atoms with Crippen LogP contribution in [0.25, 0.3) is 22.3 Å². The number of benzene rings is 1. The second-order valence-corrected chi connectivity index (χ2v) is 8.98. The molecule has 0 unspecified atom stereocenters. The standard InChI is InChI=1S/C22H25N9O2/c1-13-15-8-9-23-19(24-11-22(2,3)4)18(15)28-21(26-13)27-16-7-6-14(10-17(16)31(32)33)20-29-25-12-30(20)5/h6-10,12H,11H2,1-5H3,(H,23,24)(H,26,27,28). The lowest BCUT2D eigenvalue weighted by Gasteiger charge is -2.20. The molecule has 0 radical (unpaired) electrons. The molecule has 0 amide bonds. The number of nitrogens with zero attached hydrogens (tertiary/aromatic N) is 7. The van der Waals surface area contributed by atoms with Gasteiger partial charge in [-0.25, -0.2) is 15.0 Å². The van der Waals surface area contributed by atoms with Crippen LogP contribution in [0, 0.1) is 22.5 Å². The summed E-state index contributed by atoms with van der Waals surface area (Å²) in [5.41, 5.74) is 2.18. The summed E-state index contributed by atoms with van der Waals surface area (Å²) >= 11 is 0. The molecule has 11 nitrogen and oxygen atoms in total. The molecule has 0 spiro atoms. The van der Waals surface area contributed by atoms with Gasteiger partial charge in [0.1, 0.15) is 17.5 Å². The molecule has 170 valence electrons. The van der Waals surface area contributed by atoms with Crippen molar-refractivity contribution in [3.63, 3.8) is 0 Å². The van der Waals surface area contributed by atoms with Crippen molar-refractivity contribution < 1.29 is 4.92 Å². The number of hydrogen-bond donors (Lipinski definition) is 2. The second kappa shape index (κ2) is 8.41. The Morgan fingerprint density at radius 2 is 1.97 bits per heavy atom. The number of pyridine rings is 1. The lowest BCUT2D eigenvalue weighted by Crippen LogP contribution is -2.20. The van der Waals surface area contributed by atoms with Crippen LogP contribution in [-0.4, -0.2) is 41.2 Å². The van der Waals surface area contributed by atoms with Gasteiger partial charge in [-0.3, -0.25) is 10.1 Å². The molecule has 2 N–H and O–H groups in total. The summed E-state index contributed by atoms with van der Waals surface area (Å²) in [4.78, 5) is 24.9. The molecule has 0 aliphatic rings. The number of anilines is 3. The van der Waals surface area contributed by atoms with Crippen LogP contribution >= 0.6 is 0 Å². The number of aryl methyl sites for hydroxylation is 2. The zero-order valence-corrected chi connectivity index (χ0v) is 19.1. The van der Waals surface area contributed by atoms with E-state index in [4.69, 9.17) is 0 Å². The van der Waals surface area contributed by atoms with Gasteiger partial charge in [0.25, 0.3) is 5.69 Å². The summed E-state index contributed by atoms with van der Waals surface area (Å²) in [6.07, 6.45) is 3.26. The Morgan fingerprint density at radius 3 is 2.64 bits per heavy atom. The minimum atomic E-state index is -0.450. The summed E-state index contributed by atoms with van der Waals surface area (Å²) in [5, 5.41) is 26.9. The van der Waals surface area contributed by atoms with Crippen LogP contribution in [0.15, 0.2) is 36.8 Å². The fraction of sp³-hybridized carbons (Fsp3) is 0.318. The monoisotopic (exact) mass is 447 g/mol. The largest absolute Gasteiger partial charge is 0.368 e. The molecule has 0 fully saturated rings. The Balaban J connectivity index is 1.73. The molecule has 4 rings (SSSR count). The molecule has 0 saturated heterocycles. The first kappa shape index (κ1) is 22.1. The first-order valence-electron chi connectivity index (χ1n) is 10.4. The smallest absolute Gasteiger partial charge is 0.293 e. The van der Waals surface area contributed by atoms with E-state index < -0.39 is 4.92 Å². The highest BCUT2D eigenvalue weighted by atomic mass is 16.6. The zero-order chi connectivity index (χ0) is 23.8. The zero-order valence-electron chi connectivity index (χ0n) is 19.1. The topological polar surface area (TPSA) is 137 Å². The lowest BCUT2D eigenvalue weighted by molar-refractivity contribution is -0.383. The van der Waals surface area contributed by atoms with Crippen LogP contribution in [0.4, 0.5) is 23.1 Å². The van der Waals surface area contributed by atoms with Crippen LogP contribution in [0.2, 0.25) is 0 Å². The number of nitro groups is 1. The highest BCUT2D eigenvalue weighted by molar-refractivity contribution is 5.90. The van der Waals surface area contributed by atoms with Crippen molar-refractivity contribution in [2.75, 3.05) is 17.2 Å². The van der Waals surface area contributed by atoms with Gasteiger partial charge in [0.15, 0.2) is 11.6 Å². The Kier molecular flexibility index (Phi) is 5.62. The van der Waals surface area contributed by atoms with E-state index in [2.05, 4.69) is 56.6 Å². The fourth-order valence-corrected chi connectivity index (χ4v) is 3.34. The van der Waals surface area contributed by atoms with Gasteiger partial charge in [-0.15, -0.1) is 10.2 Å². The third kappa shape index (κ3) is 4.71. The minimum Gasteiger partial charge on any atom is -0.368 e. The van der Waals surface area contributed by atoms with Crippen molar-refractivity contribution in [3.05, 3.63) is 52.6 Å². The minimum absolute atomic E-state index is 0.0537. The summed E-state index contributed by atoms with van der Waals surface area (Å²) < 4.78 is 1.70. The number of nitrogens with one attached hydrogen (secondary N) is 2. The predicted octanol–water partition coefficient (Wildman–Crippen LogP) is 4.24. The summed E-state index contributed by atoms with van der Waals surface area (Å²) in [5.74, 6) is 1.42. The molecule has 11 heteroatoms. The third-order valence-corrected chi connectivity index (χ3v) is 5.00. The van der Waals surface area contributed by atoms with Crippen molar-refractivity contribution in [1.82, 2.24) is 29.7 Å². The summed E-state index contributed by atoms with van der Waals surface area (Å²) in [7, 11) is 1.78. The number of aromatic nitrogens is 6. The molecule has 3 aromatic heterocycles. The van der Waals surface area contributed by atoms with E-state index in [0.717, 1.165) is 11.1 Å². The summed E-state index contributed by atoms with van der Waals surface area (Å²) in [6.45, 7) is 8.96. The van der Waals surface area contributed by atoms with E-state index in [1.54, 1.807) is 36.3 Å². The molecule has 0 aliphatic carbocycles. The highest BCUT2D eigenvalue weighted by Crippen LogP contribution is 2.32. The third-order valence-electron chi connectivity index (χ3n) is 5.00. The van der Waals surface area contributed by atoms with Crippen LogP contribution in [0.5, 0.6) is 0 Å². The Labute approximate surface area is 190 Å². The van der Waals surface area contributed by atoms with Crippen LogP contribution < -0.4 is 10.6 Å². The van der Waals surface area contributed by atoms with Crippen molar-refractivity contribution in [2.45, 2.75) is 27.7 Å².